The van der Waals surface area contributed by atoms with Crippen LogP contribution in [0, 0.1) is 0 Å². The van der Waals surface area contributed by atoms with Gasteiger partial charge in [-0.05, 0) is 48.0 Å². The minimum atomic E-state index is -0.303. The standard InChI is InChI=1S/C15H31N3O2/c1-8-15(6,7)18-13(20)11(2)16-10-9-12(19)17-14(3,4)5/h11,16H,8-10H2,1-7H3,(H,17,19)(H,18,20). The molecule has 0 aliphatic carbocycles. The normalized spacial score (nSPS) is 13.8. The van der Waals surface area contributed by atoms with Crippen molar-refractivity contribution in [3.8, 4) is 0 Å². The number of rotatable bonds is 7. The lowest BCUT2D eigenvalue weighted by atomic mass is 10.0. The van der Waals surface area contributed by atoms with E-state index in [0.717, 1.165) is 6.42 Å². The molecule has 0 aromatic heterocycles. The van der Waals surface area contributed by atoms with E-state index in [1.54, 1.807) is 0 Å². The van der Waals surface area contributed by atoms with Crippen molar-refractivity contribution >= 4 is 11.8 Å². The van der Waals surface area contributed by atoms with Crippen LogP contribution < -0.4 is 16.0 Å². The molecule has 0 aliphatic rings. The molecule has 0 aromatic carbocycles. The molecule has 0 rings (SSSR count). The minimum absolute atomic E-state index is 0.00787. The molecule has 20 heavy (non-hydrogen) atoms. The Morgan fingerprint density at radius 3 is 2.05 bits per heavy atom. The molecule has 0 fully saturated rings. The summed E-state index contributed by atoms with van der Waals surface area (Å²) >= 11 is 0. The van der Waals surface area contributed by atoms with Crippen molar-refractivity contribution in [1.82, 2.24) is 16.0 Å². The van der Waals surface area contributed by atoms with Crippen LogP contribution in [0.25, 0.3) is 0 Å². The molecule has 5 heteroatoms. The average molecular weight is 285 g/mol. The molecule has 0 saturated carbocycles. The van der Waals surface area contributed by atoms with Crippen molar-refractivity contribution in [1.29, 1.82) is 0 Å². The Balaban J connectivity index is 4.02. The van der Waals surface area contributed by atoms with Crippen LogP contribution in [-0.2, 0) is 9.59 Å². The zero-order chi connectivity index (χ0) is 16.0. The van der Waals surface area contributed by atoms with Crippen LogP contribution in [0.15, 0.2) is 0 Å². The summed E-state index contributed by atoms with van der Waals surface area (Å²) in [5, 5.41) is 8.94. The van der Waals surface area contributed by atoms with Crippen LogP contribution in [0.2, 0.25) is 0 Å². The van der Waals surface area contributed by atoms with Gasteiger partial charge in [0.2, 0.25) is 11.8 Å². The summed E-state index contributed by atoms with van der Waals surface area (Å²) < 4.78 is 0. The van der Waals surface area contributed by atoms with E-state index in [-0.39, 0.29) is 28.9 Å². The lowest BCUT2D eigenvalue weighted by Crippen LogP contribution is -2.51. The number of nitrogens with one attached hydrogen (secondary N) is 3. The van der Waals surface area contributed by atoms with Crippen LogP contribution in [0.4, 0.5) is 0 Å². The fourth-order valence-electron chi connectivity index (χ4n) is 1.51. The monoisotopic (exact) mass is 285 g/mol. The Labute approximate surface area is 123 Å². The molecule has 5 nitrogen and oxygen atoms in total. The molecule has 0 heterocycles. The van der Waals surface area contributed by atoms with Gasteiger partial charge in [0.05, 0.1) is 6.04 Å². The molecule has 0 radical (unpaired) electrons. The third-order valence-electron chi connectivity index (χ3n) is 3.06. The molecule has 3 N–H and O–H groups in total. The van der Waals surface area contributed by atoms with Crippen LogP contribution in [-0.4, -0.2) is 35.5 Å². The number of hydrogen-bond acceptors (Lipinski definition) is 3. The van der Waals surface area contributed by atoms with Crippen LogP contribution in [0.5, 0.6) is 0 Å². The Morgan fingerprint density at radius 2 is 1.60 bits per heavy atom. The van der Waals surface area contributed by atoms with Crippen molar-refractivity contribution in [3.05, 3.63) is 0 Å². The summed E-state index contributed by atoms with van der Waals surface area (Å²) in [4.78, 5) is 23.6. The molecule has 1 unspecified atom stereocenters. The molecule has 2 amide bonds. The van der Waals surface area contributed by atoms with Gasteiger partial charge in [-0.25, -0.2) is 0 Å². The van der Waals surface area contributed by atoms with Crippen LogP contribution in [0.3, 0.4) is 0 Å². The summed E-state index contributed by atoms with van der Waals surface area (Å²) in [6, 6.07) is -0.303. The zero-order valence-electron chi connectivity index (χ0n) is 14.0. The van der Waals surface area contributed by atoms with Gasteiger partial charge in [0.25, 0.3) is 0 Å². The number of amides is 2. The SMILES string of the molecule is CCC(C)(C)NC(=O)C(C)NCCC(=O)NC(C)(C)C. The van der Waals surface area contributed by atoms with Crippen molar-refractivity contribution in [3.63, 3.8) is 0 Å². The van der Waals surface area contributed by atoms with Crippen molar-refractivity contribution in [2.75, 3.05) is 6.54 Å². The highest BCUT2D eigenvalue weighted by atomic mass is 16.2. The fourth-order valence-corrected chi connectivity index (χ4v) is 1.51. The lowest BCUT2D eigenvalue weighted by Gasteiger charge is -2.27. The maximum atomic E-state index is 11.9. The first-order chi connectivity index (χ1) is 8.97. The quantitative estimate of drug-likeness (QED) is 0.665. The molecule has 1 atom stereocenters. The predicted octanol–water partition coefficient (Wildman–Crippen LogP) is 1.57. The van der Waals surface area contributed by atoms with E-state index in [2.05, 4.69) is 16.0 Å². The van der Waals surface area contributed by atoms with Crippen molar-refractivity contribution in [2.24, 2.45) is 0 Å². The third-order valence-corrected chi connectivity index (χ3v) is 3.06. The van der Waals surface area contributed by atoms with Gasteiger partial charge in [-0.1, -0.05) is 6.92 Å². The Morgan fingerprint density at radius 1 is 1.05 bits per heavy atom. The van der Waals surface area contributed by atoms with Crippen LogP contribution >= 0.6 is 0 Å². The number of carbonyl (C=O) groups excluding carboxylic acids is 2. The molecule has 0 aromatic rings. The summed E-state index contributed by atoms with van der Waals surface area (Å²) in [6.07, 6.45) is 1.24. The molecule has 0 bridgehead atoms. The van der Waals surface area contributed by atoms with Gasteiger partial charge in [0, 0.05) is 24.0 Å². The maximum Gasteiger partial charge on any atom is 0.237 e. The van der Waals surface area contributed by atoms with E-state index >= 15 is 0 Å². The van der Waals surface area contributed by atoms with Crippen molar-refractivity contribution < 1.29 is 9.59 Å². The molecular formula is C15H31N3O2. The highest BCUT2D eigenvalue weighted by Crippen LogP contribution is 2.07. The first-order valence-electron chi connectivity index (χ1n) is 7.33. The molecule has 118 valence electrons. The van der Waals surface area contributed by atoms with E-state index in [1.165, 1.54) is 0 Å². The largest absolute Gasteiger partial charge is 0.351 e. The van der Waals surface area contributed by atoms with E-state index in [9.17, 15) is 9.59 Å². The fraction of sp³-hybridized carbons (Fsp3) is 0.867. The first kappa shape index (κ1) is 18.9. The van der Waals surface area contributed by atoms with Crippen LogP contribution in [0.1, 0.15) is 61.3 Å². The molecular weight excluding hydrogens is 254 g/mol. The molecule has 0 aliphatic heterocycles. The van der Waals surface area contributed by atoms with Gasteiger partial charge in [-0.2, -0.15) is 0 Å². The van der Waals surface area contributed by atoms with Gasteiger partial charge in [0.15, 0.2) is 0 Å². The van der Waals surface area contributed by atoms with Gasteiger partial charge in [-0.15, -0.1) is 0 Å². The first-order valence-corrected chi connectivity index (χ1v) is 7.33. The van der Waals surface area contributed by atoms with Gasteiger partial charge in [-0.3, -0.25) is 9.59 Å². The van der Waals surface area contributed by atoms with Gasteiger partial charge < -0.3 is 16.0 Å². The summed E-state index contributed by atoms with van der Waals surface area (Å²) in [5.74, 6) is -0.0421. The van der Waals surface area contributed by atoms with E-state index in [4.69, 9.17) is 0 Å². The Kier molecular flexibility index (Phi) is 7.20. The highest BCUT2D eigenvalue weighted by Gasteiger charge is 2.21. The Hall–Kier alpha value is -1.10. The van der Waals surface area contributed by atoms with Gasteiger partial charge in [0.1, 0.15) is 0 Å². The van der Waals surface area contributed by atoms with Crippen molar-refractivity contribution in [2.45, 2.75) is 78.4 Å². The maximum absolute atomic E-state index is 11.9. The van der Waals surface area contributed by atoms with Gasteiger partial charge >= 0.3 is 0 Å². The lowest BCUT2D eigenvalue weighted by molar-refractivity contribution is -0.125. The zero-order valence-corrected chi connectivity index (χ0v) is 14.0. The summed E-state index contributed by atoms with van der Waals surface area (Å²) in [5.41, 5.74) is -0.415. The summed E-state index contributed by atoms with van der Waals surface area (Å²) in [6.45, 7) is 14.2. The average Bonchev–Trinajstić information content (AvgIpc) is 2.25. The topological polar surface area (TPSA) is 70.2 Å². The minimum Gasteiger partial charge on any atom is -0.351 e. The smallest absolute Gasteiger partial charge is 0.237 e. The molecule has 0 saturated heterocycles. The predicted molar refractivity (Wildman–Crippen MR) is 82.5 cm³/mol. The van der Waals surface area contributed by atoms with E-state index in [1.807, 2.05) is 48.5 Å². The summed E-state index contributed by atoms with van der Waals surface area (Å²) in [7, 11) is 0. The second kappa shape index (κ2) is 7.62. The second-order valence-corrected chi connectivity index (χ2v) is 6.95. The molecule has 0 spiro atoms. The van der Waals surface area contributed by atoms with E-state index in [0.29, 0.717) is 13.0 Å². The number of hydrogen-bond donors (Lipinski definition) is 3. The Bertz CT molecular complexity index is 333. The third kappa shape index (κ3) is 8.91. The second-order valence-electron chi connectivity index (χ2n) is 6.95. The number of carbonyl (C=O) groups is 2. The van der Waals surface area contributed by atoms with E-state index < -0.39 is 0 Å². The highest BCUT2D eigenvalue weighted by molar-refractivity contribution is 5.82.